The van der Waals surface area contributed by atoms with E-state index in [9.17, 15) is 9.59 Å². The first-order valence-corrected chi connectivity index (χ1v) is 7.33. The zero-order valence-electron chi connectivity index (χ0n) is 10.2. The van der Waals surface area contributed by atoms with E-state index < -0.39 is 0 Å². The first-order valence-electron chi connectivity index (χ1n) is 5.97. The normalized spacial score (nSPS) is 18.3. The molecule has 0 bridgehead atoms. The molecule has 102 valence electrons. The van der Waals surface area contributed by atoms with Crippen LogP contribution < -0.4 is 10.6 Å². The van der Waals surface area contributed by atoms with E-state index in [1.54, 1.807) is 18.3 Å². The van der Waals surface area contributed by atoms with Crippen LogP contribution in [-0.4, -0.2) is 35.1 Å². The number of pyridine rings is 1. The Labute approximate surface area is 120 Å². The average molecular weight is 300 g/mol. The highest BCUT2D eigenvalue weighted by Gasteiger charge is 2.23. The number of aromatic nitrogens is 1. The Balaban J connectivity index is 1.78. The van der Waals surface area contributed by atoms with Crippen LogP contribution in [0.2, 0.25) is 5.02 Å². The predicted molar refractivity (Wildman–Crippen MR) is 74.1 cm³/mol. The fraction of sp³-hybridized carbons (Fsp3) is 0.417. The average Bonchev–Trinajstić information content (AvgIpc) is 2.91. The smallest absolute Gasteiger partial charge is 0.243 e. The monoisotopic (exact) mass is 299 g/mol. The van der Waals surface area contributed by atoms with Crippen molar-refractivity contribution in [3.8, 4) is 0 Å². The van der Waals surface area contributed by atoms with Gasteiger partial charge in [-0.05, 0) is 31.5 Å². The van der Waals surface area contributed by atoms with E-state index in [2.05, 4.69) is 15.6 Å². The lowest BCUT2D eigenvalue weighted by Crippen LogP contribution is -2.43. The molecule has 1 aliphatic heterocycles. The van der Waals surface area contributed by atoms with Gasteiger partial charge in [-0.3, -0.25) is 14.9 Å². The van der Waals surface area contributed by atoms with Gasteiger partial charge in [0.2, 0.25) is 11.8 Å². The van der Waals surface area contributed by atoms with Gasteiger partial charge in [-0.2, -0.15) is 0 Å². The van der Waals surface area contributed by atoms with Crippen molar-refractivity contribution in [3.63, 3.8) is 0 Å². The molecule has 1 aromatic heterocycles. The van der Waals surface area contributed by atoms with Crippen molar-refractivity contribution < 1.29 is 9.59 Å². The highest BCUT2D eigenvalue weighted by atomic mass is 35.5. The summed E-state index contributed by atoms with van der Waals surface area (Å²) < 4.78 is 0. The number of hydrogen-bond donors (Lipinski definition) is 2. The van der Waals surface area contributed by atoms with E-state index in [0.717, 1.165) is 19.4 Å². The molecule has 2 rings (SSSR count). The van der Waals surface area contributed by atoms with Crippen LogP contribution in [0.4, 0.5) is 0 Å². The molecule has 1 aromatic rings. The van der Waals surface area contributed by atoms with Crippen molar-refractivity contribution in [2.75, 3.05) is 12.3 Å². The van der Waals surface area contributed by atoms with Crippen molar-refractivity contribution in [2.45, 2.75) is 23.9 Å². The maximum atomic E-state index is 11.7. The van der Waals surface area contributed by atoms with Crippen molar-refractivity contribution in [1.29, 1.82) is 0 Å². The molecule has 0 spiro atoms. The molecule has 1 fully saturated rings. The largest absolute Gasteiger partial charge is 0.306 e. The molecule has 0 aromatic carbocycles. The van der Waals surface area contributed by atoms with Crippen molar-refractivity contribution >= 4 is 35.2 Å². The van der Waals surface area contributed by atoms with Gasteiger partial charge >= 0.3 is 0 Å². The summed E-state index contributed by atoms with van der Waals surface area (Å²) in [6.45, 7) is 0.824. The first-order chi connectivity index (χ1) is 9.16. The molecule has 2 heterocycles. The number of thioether (sulfide) groups is 1. The Morgan fingerprint density at radius 1 is 1.58 bits per heavy atom. The number of carbonyl (C=O) groups excluding carboxylic acids is 2. The summed E-state index contributed by atoms with van der Waals surface area (Å²) in [4.78, 5) is 27.4. The number of imide groups is 1. The maximum absolute atomic E-state index is 11.7. The van der Waals surface area contributed by atoms with Crippen LogP contribution in [0.3, 0.4) is 0 Å². The van der Waals surface area contributed by atoms with Crippen molar-refractivity contribution in [3.05, 3.63) is 23.4 Å². The predicted octanol–water partition coefficient (Wildman–Crippen LogP) is 1.22. The van der Waals surface area contributed by atoms with Crippen molar-refractivity contribution in [2.24, 2.45) is 0 Å². The molecule has 0 aliphatic carbocycles. The molecular weight excluding hydrogens is 286 g/mol. The number of amides is 2. The second-order valence-electron chi connectivity index (χ2n) is 4.14. The van der Waals surface area contributed by atoms with Gasteiger partial charge in [0.05, 0.1) is 16.8 Å². The van der Waals surface area contributed by atoms with Gasteiger partial charge < -0.3 is 5.32 Å². The molecule has 1 saturated heterocycles. The molecule has 0 saturated carbocycles. The summed E-state index contributed by atoms with van der Waals surface area (Å²) in [7, 11) is 0. The molecule has 2 amide bonds. The van der Waals surface area contributed by atoms with Crippen LogP contribution in [0, 0.1) is 0 Å². The Bertz CT molecular complexity index is 478. The van der Waals surface area contributed by atoms with E-state index in [-0.39, 0.29) is 23.6 Å². The molecule has 1 atom stereocenters. The highest BCUT2D eigenvalue weighted by molar-refractivity contribution is 8.00. The van der Waals surface area contributed by atoms with E-state index in [4.69, 9.17) is 11.6 Å². The van der Waals surface area contributed by atoms with E-state index in [1.807, 2.05) is 0 Å². The van der Waals surface area contributed by atoms with Gasteiger partial charge in [0, 0.05) is 6.20 Å². The number of rotatable bonds is 4. The van der Waals surface area contributed by atoms with Crippen LogP contribution in [0.5, 0.6) is 0 Å². The SMILES string of the molecule is O=C(CSc1ncccc1Cl)NC(=O)C1CCCN1. The van der Waals surface area contributed by atoms with Crippen LogP contribution in [-0.2, 0) is 9.59 Å². The summed E-state index contributed by atoms with van der Waals surface area (Å²) >= 11 is 7.14. The Hall–Kier alpha value is -1.11. The number of carbonyl (C=O) groups is 2. The molecule has 2 N–H and O–H groups in total. The molecule has 1 unspecified atom stereocenters. The number of nitrogens with zero attached hydrogens (tertiary/aromatic N) is 1. The summed E-state index contributed by atoms with van der Waals surface area (Å²) in [5, 5.41) is 6.51. The summed E-state index contributed by atoms with van der Waals surface area (Å²) in [6, 6.07) is 3.19. The van der Waals surface area contributed by atoms with Crippen LogP contribution >= 0.6 is 23.4 Å². The Morgan fingerprint density at radius 3 is 3.11 bits per heavy atom. The lowest BCUT2D eigenvalue weighted by Gasteiger charge is -2.09. The first kappa shape index (κ1) is 14.3. The fourth-order valence-electron chi connectivity index (χ4n) is 1.78. The molecule has 1 aliphatic rings. The third-order valence-corrected chi connectivity index (χ3v) is 4.13. The molecule has 5 nitrogen and oxygen atoms in total. The summed E-state index contributed by atoms with van der Waals surface area (Å²) in [5.41, 5.74) is 0. The lowest BCUT2D eigenvalue weighted by atomic mass is 10.2. The minimum absolute atomic E-state index is 0.120. The number of hydrogen-bond acceptors (Lipinski definition) is 5. The number of nitrogens with one attached hydrogen (secondary N) is 2. The third-order valence-electron chi connectivity index (χ3n) is 2.70. The van der Waals surface area contributed by atoms with E-state index >= 15 is 0 Å². The Morgan fingerprint density at radius 2 is 2.42 bits per heavy atom. The summed E-state index contributed by atoms with van der Waals surface area (Å²) in [6.07, 6.45) is 3.35. The van der Waals surface area contributed by atoms with Gasteiger partial charge in [-0.15, -0.1) is 0 Å². The van der Waals surface area contributed by atoms with Gasteiger partial charge in [0.1, 0.15) is 5.03 Å². The molecule has 0 radical (unpaired) electrons. The quantitative estimate of drug-likeness (QED) is 0.818. The van der Waals surface area contributed by atoms with E-state index in [0.29, 0.717) is 10.0 Å². The van der Waals surface area contributed by atoms with E-state index in [1.165, 1.54) is 11.8 Å². The zero-order valence-corrected chi connectivity index (χ0v) is 11.8. The molecular formula is C12H14ClN3O2S. The third kappa shape index (κ3) is 4.19. The molecule has 7 heteroatoms. The topological polar surface area (TPSA) is 71.1 Å². The highest BCUT2D eigenvalue weighted by Crippen LogP contribution is 2.23. The fourth-order valence-corrected chi connectivity index (χ4v) is 2.75. The second kappa shape index (κ2) is 6.88. The zero-order chi connectivity index (χ0) is 13.7. The van der Waals surface area contributed by atoms with Crippen LogP contribution in [0.25, 0.3) is 0 Å². The standard InChI is InChI=1S/C12H14ClN3O2S/c13-8-3-1-6-15-12(8)19-7-10(17)16-11(18)9-4-2-5-14-9/h1,3,6,9,14H,2,4-5,7H2,(H,16,17,18). The Kier molecular flexibility index (Phi) is 5.18. The van der Waals surface area contributed by atoms with Crippen LogP contribution in [0.15, 0.2) is 23.4 Å². The number of halogens is 1. The maximum Gasteiger partial charge on any atom is 0.243 e. The summed E-state index contributed by atoms with van der Waals surface area (Å²) in [5.74, 6) is -0.463. The lowest BCUT2D eigenvalue weighted by molar-refractivity contribution is -0.130. The van der Waals surface area contributed by atoms with Gasteiger partial charge in [-0.25, -0.2) is 4.98 Å². The second-order valence-corrected chi connectivity index (χ2v) is 5.51. The van der Waals surface area contributed by atoms with Gasteiger partial charge in [0.25, 0.3) is 0 Å². The minimum Gasteiger partial charge on any atom is -0.306 e. The van der Waals surface area contributed by atoms with Crippen molar-refractivity contribution in [1.82, 2.24) is 15.6 Å². The van der Waals surface area contributed by atoms with Gasteiger partial charge in [-0.1, -0.05) is 23.4 Å². The minimum atomic E-state index is -0.328. The van der Waals surface area contributed by atoms with Crippen LogP contribution in [0.1, 0.15) is 12.8 Å². The molecule has 19 heavy (non-hydrogen) atoms. The van der Waals surface area contributed by atoms with Gasteiger partial charge in [0.15, 0.2) is 0 Å².